The standard InChI is InChI=1S/C22H19FN2O2/c1-22(21(26)27-2)18(14-6-4-3-5-7-14)19(22)15-8-10-16(11-9-15)20-24-12-17(23)13-25-20/h3-13,18-19H,1-2H3/t18-,19-,22-/m1/s1. The van der Waals surface area contributed by atoms with E-state index in [1.165, 1.54) is 7.11 Å². The molecule has 1 saturated carbocycles. The zero-order valence-corrected chi connectivity index (χ0v) is 15.1. The van der Waals surface area contributed by atoms with Crippen LogP contribution in [0.1, 0.15) is 29.9 Å². The normalized spacial score (nSPS) is 23.7. The fourth-order valence-electron chi connectivity index (χ4n) is 4.03. The maximum Gasteiger partial charge on any atom is 0.312 e. The topological polar surface area (TPSA) is 52.1 Å². The van der Waals surface area contributed by atoms with Crippen LogP contribution in [-0.2, 0) is 9.53 Å². The van der Waals surface area contributed by atoms with E-state index in [0.717, 1.165) is 29.1 Å². The molecule has 0 spiro atoms. The second-order valence-corrected chi connectivity index (χ2v) is 6.99. The molecule has 1 aliphatic carbocycles. The Labute approximate surface area is 157 Å². The van der Waals surface area contributed by atoms with Gasteiger partial charge in [0.2, 0.25) is 0 Å². The summed E-state index contributed by atoms with van der Waals surface area (Å²) in [5, 5.41) is 0. The average Bonchev–Trinajstić information content (AvgIpc) is 3.35. The first-order valence-corrected chi connectivity index (χ1v) is 8.77. The summed E-state index contributed by atoms with van der Waals surface area (Å²) in [6, 6.07) is 17.8. The lowest BCUT2D eigenvalue weighted by molar-refractivity contribution is -0.146. The maximum absolute atomic E-state index is 13.0. The highest BCUT2D eigenvalue weighted by atomic mass is 19.1. The highest BCUT2D eigenvalue weighted by Gasteiger charge is 2.67. The molecule has 3 atom stereocenters. The number of benzene rings is 2. The fraction of sp³-hybridized carbons (Fsp3) is 0.227. The van der Waals surface area contributed by atoms with Crippen molar-refractivity contribution in [2.24, 2.45) is 5.41 Å². The third kappa shape index (κ3) is 2.89. The smallest absolute Gasteiger partial charge is 0.312 e. The van der Waals surface area contributed by atoms with E-state index in [2.05, 4.69) is 9.97 Å². The fourth-order valence-corrected chi connectivity index (χ4v) is 4.03. The van der Waals surface area contributed by atoms with Crippen LogP contribution in [-0.4, -0.2) is 23.0 Å². The van der Waals surface area contributed by atoms with Crippen molar-refractivity contribution in [1.29, 1.82) is 0 Å². The molecule has 1 heterocycles. The highest BCUT2D eigenvalue weighted by Crippen LogP contribution is 2.70. The summed E-state index contributed by atoms with van der Waals surface area (Å²) in [6.07, 6.45) is 2.30. The van der Waals surface area contributed by atoms with Crippen molar-refractivity contribution in [2.45, 2.75) is 18.8 Å². The molecule has 0 radical (unpaired) electrons. The summed E-state index contributed by atoms with van der Waals surface area (Å²) in [6.45, 7) is 1.96. The van der Waals surface area contributed by atoms with Crippen LogP contribution in [0.3, 0.4) is 0 Å². The zero-order chi connectivity index (χ0) is 19.0. The molecule has 1 aromatic heterocycles. The van der Waals surface area contributed by atoms with Crippen molar-refractivity contribution < 1.29 is 13.9 Å². The third-order valence-corrected chi connectivity index (χ3v) is 5.45. The number of aromatic nitrogens is 2. The molecule has 27 heavy (non-hydrogen) atoms. The molecule has 0 unspecified atom stereocenters. The molecule has 0 aliphatic heterocycles. The van der Waals surface area contributed by atoms with Gasteiger partial charge in [-0.15, -0.1) is 0 Å². The van der Waals surface area contributed by atoms with Crippen LogP contribution in [0.25, 0.3) is 11.4 Å². The van der Waals surface area contributed by atoms with Crippen LogP contribution in [0, 0.1) is 11.2 Å². The van der Waals surface area contributed by atoms with Crippen molar-refractivity contribution in [1.82, 2.24) is 9.97 Å². The largest absolute Gasteiger partial charge is 0.469 e. The molecule has 5 heteroatoms. The second-order valence-electron chi connectivity index (χ2n) is 6.99. The van der Waals surface area contributed by atoms with Gasteiger partial charge < -0.3 is 4.74 Å². The first kappa shape index (κ1) is 17.3. The Morgan fingerprint density at radius 2 is 1.52 bits per heavy atom. The summed E-state index contributed by atoms with van der Waals surface area (Å²) in [5.74, 6) is -0.0936. The quantitative estimate of drug-likeness (QED) is 0.648. The molecule has 0 amide bonds. The number of hydrogen-bond acceptors (Lipinski definition) is 4. The first-order chi connectivity index (χ1) is 13.1. The van der Waals surface area contributed by atoms with Crippen LogP contribution in [0.2, 0.25) is 0 Å². The molecule has 2 aromatic carbocycles. The van der Waals surface area contributed by atoms with Gasteiger partial charge in [-0.25, -0.2) is 14.4 Å². The number of carbonyl (C=O) groups is 1. The lowest BCUT2D eigenvalue weighted by Crippen LogP contribution is -2.17. The van der Waals surface area contributed by atoms with Gasteiger partial charge in [-0.2, -0.15) is 0 Å². The predicted molar refractivity (Wildman–Crippen MR) is 99.5 cm³/mol. The van der Waals surface area contributed by atoms with Gasteiger partial charge in [0.05, 0.1) is 24.9 Å². The molecule has 3 aromatic rings. The minimum Gasteiger partial charge on any atom is -0.469 e. The van der Waals surface area contributed by atoms with E-state index >= 15 is 0 Å². The van der Waals surface area contributed by atoms with Crippen LogP contribution in [0.4, 0.5) is 4.39 Å². The van der Waals surface area contributed by atoms with Crippen molar-refractivity contribution >= 4 is 5.97 Å². The van der Waals surface area contributed by atoms with Gasteiger partial charge in [-0.05, 0) is 18.1 Å². The molecule has 0 saturated heterocycles. The van der Waals surface area contributed by atoms with Crippen molar-refractivity contribution in [3.63, 3.8) is 0 Å². The third-order valence-electron chi connectivity index (χ3n) is 5.45. The summed E-state index contributed by atoms with van der Waals surface area (Å²) in [5.41, 5.74) is 2.39. The number of methoxy groups -OCH3 is 1. The minimum atomic E-state index is -0.593. The zero-order valence-electron chi connectivity index (χ0n) is 15.1. The summed E-state index contributed by atoms with van der Waals surface area (Å²) in [4.78, 5) is 20.5. The minimum absolute atomic E-state index is 0.0375. The maximum atomic E-state index is 13.0. The Balaban J connectivity index is 1.67. The molecule has 0 N–H and O–H groups in total. The summed E-state index contributed by atoms with van der Waals surface area (Å²) < 4.78 is 18.1. The molecular weight excluding hydrogens is 343 g/mol. The van der Waals surface area contributed by atoms with E-state index in [0.29, 0.717) is 5.82 Å². The van der Waals surface area contributed by atoms with Crippen molar-refractivity contribution in [3.05, 3.63) is 83.9 Å². The van der Waals surface area contributed by atoms with E-state index in [1.807, 2.05) is 61.5 Å². The number of rotatable bonds is 4. The second kappa shape index (κ2) is 6.58. The van der Waals surface area contributed by atoms with Crippen LogP contribution in [0.15, 0.2) is 67.0 Å². The molecular formula is C22H19FN2O2. The van der Waals surface area contributed by atoms with Gasteiger partial charge in [-0.3, -0.25) is 4.79 Å². The first-order valence-electron chi connectivity index (χ1n) is 8.77. The predicted octanol–water partition coefficient (Wildman–Crippen LogP) is 4.34. The lowest BCUT2D eigenvalue weighted by Gasteiger charge is -2.09. The lowest BCUT2D eigenvalue weighted by atomic mass is 9.99. The Kier molecular flexibility index (Phi) is 4.22. The van der Waals surface area contributed by atoms with E-state index in [1.54, 1.807) is 0 Å². The van der Waals surface area contributed by atoms with Gasteiger partial charge in [0, 0.05) is 17.4 Å². The van der Waals surface area contributed by atoms with E-state index in [4.69, 9.17) is 4.74 Å². The van der Waals surface area contributed by atoms with Gasteiger partial charge in [0.1, 0.15) is 0 Å². The van der Waals surface area contributed by atoms with Crippen LogP contribution >= 0.6 is 0 Å². The van der Waals surface area contributed by atoms with E-state index in [9.17, 15) is 9.18 Å². The van der Waals surface area contributed by atoms with Gasteiger partial charge in [0.25, 0.3) is 0 Å². The van der Waals surface area contributed by atoms with Crippen molar-refractivity contribution in [2.75, 3.05) is 7.11 Å². The highest BCUT2D eigenvalue weighted by molar-refractivity contribution is 5.85. The summed E-state index contributed by atoms with van der Waals surface area (Å²) >= 11 is 0. The molecule has 136 valence electrons. The van der Waals surface area contributed by atoms with Gasteiger partial charge in [-0.1, -0.05) is 54.6 Å². The Hall–Kier alpha value is -3.08. The Morgan fingerprint density at radius 1 is 0.963 bits per heavy atom. The number of hydrogen-bond donors (Lipinski definition) is 0. The number of halogens is 1. The van der Waals surface area contributed by atoms with Crippen LogP contribution < -0.4 is 0 Å². The number of esters is 1. The molecule has 0 bridgehead atoms. The average molecular weight is 362 g/mol. The summed E-state index contributed by atoms with van der Waals surface area (Å²) in [7, 11) is 1.43. The molecule has 1 aliphatic rings. The van der Waals surface area contributed by atoms with E-state index in [-0.39, 0.29) is 17.8 Å². The number of nitrogens with zero attached hydrogens (tertiary/aromatic N) is 2. The number of ether oxygens (including phenoxy) is 1. The SMILES string of the molecule is COC(=O)[C@]1(C)[C@H](c2ccccc2)[C@H]1c1ccc(-c2ncc(F)cn2)cc1. The molecule has 4 nitrogen and oxygen atoms in total. The van der Waals surface area contributed by atoms with Gasteiger partial charge >= 0.3 is 5.97 Å². The molecule has 4 rings (SSSR count). The monoisotopic (exact) mass is 362 g/mol. The number of carbonyl (C=O) groups excluding carboxylic acids is 1. The van der Waals surface area contributed by atoms with E-state index < -0.39 is 11.2 Å². The van der Waals surface area contributed by atoms with Gasteiger partial charge in [0.15, 0.2) is 11.6 Å². The Bertz CT molecular complexity index is 958. The molecule has 1 fully saturated rings. The van der Waals surface area contributed by atoms with Crippen molar-refractivity contribution in [3.8, 4) is 11.4 Å². The van der Waals surface area contributed by atoms with Crippen LogP contribution in [0.5, 0.6) is 0 Å². The Morgan fingerprint density at radius 3 is 2.07 bits per heavy atom.